The fourth-order valence-electron chi connectivity index (χ4n) is 3.10. The fraction of sp³-hybridized carbons (Fsp3) is 0.391. The van der Waals surface area contributed by atoms with Gasteiger partial charge in [-0.3, -0.25) is 14.5 Å². The number of hydrogen-bond acceptors (Lipinski definition) is 6. The van der Waals surface area contributed by atoms with Crippen molar-refractivity contribution < 1.29 is 14.0 Å². The predicted octanol–water partition coefficient (Wildman–Crippen LogP) is 4.95. The molecule has 8 heteroatoms. The third kappa shape index (κ3) is 5.19. The number of furan rings is 1. The second kappa shape index (κ2) is 9.43. The number of amides is 2. The van der Waals surface area contributed by atoms with Gasteiger partial charge in [-0.25, -0.2) is 0 Å². The van der Waals surface area contributed by atoms with Crippen LogP contribution in [-0.2, 0) is 4.79 Å². The topological polar surface area (TPSA) is 88.3 Å². The van der Waals surface area contributed by atoms with Gasteiger partial charge in [0.1, 0.15) is 5.76 Å². The van der Waals surface area contributed by atoms with Crippen LogP contribution in [0, 0.1) is 0 Å². The standard InChI is InChI=1S/C23H28N4O3S/c1-6-23(4,5)24-21(28)20(19-8-7-13-30-19)27(22(29)18-14-31-26-25-18)17-11-9-16(10-12-17)15(2)3/h7-15,20H,6H2,1-5H3,(H,24,28)/t20-/m1/s1. The van der Waals surface area contributed by atoms with E-state index in [2.05, 4.69) is 28.8 Å². The Morgan fingerprint density at radius 3 is 2.42 bits per heavy atom. The van der Waals surface area contributed by atoms with Crippen molar-refractivity contribution in [3.8, 4) is 0 Å². The number of carbonyl (C=O) groups excluding carboxylic acids is 2. The van der Waals surface area contributed by atoms with Gasteiger partial charge < -0.3 is 9.73 Å². The minimum absolute atomic E-state index is 0.178. The molecule has 0 aliphatic heterocycles. The predicted molar refractivity (Wildman–Crippen MR) is 121 cm³/mol. The molecule has 7 nitrogen and oxygen atoms in total. The molecule has 0 aliphatic rings. The molecule has 0 spiro atoms. The van der Waals surface area contributed by atoms with E-state index in [0.29, 0.717) is 17.4 Å². The van der Waals surface area contributed by atoms with E-state index in [1.165, 1.54) is 11.2 Å². The number of carbonyl (C=O) groups is 2. The molecule has 1 atom stereocenters. The largest absolute Gasteiger partial charge is 0.467 e. The SMILES string of the molecule is CCC(C)(C)NC(=O)[C@@H](c1ccco1)N(C(=O)c1csnn1)c1ccc(C(C)C)cc1. The maximum absolute atomic E-state index is 13.5. The molecule has 0 aliphatic carbocycles. The van der Waals surface area contributed by atoms with E-state index >= 15 is 0 Å². The Morgan fingerprint density at radius 1 is 1.19 bits per heavy atom. The number of nitrogens with one attached hydrogen (secondary N) is 1. The zero-order valence-corrected chi connectivity index (χ0v) is 19.3. The van der Waals surface area contributed by atoms with Crippen molar-refractivity contribution in [1.82, 2.24) is 14.9 Å². The van der Waals surface area contributed by atoms with Gasteiger partial charge in [-0.15, -0.1) is 5.10 Å². The summed E-state index contributed by atoms with van der Waals surface area (Å²) in [6.45, 7) is 10.1. The highest BCUT2D eigenvalue weighted by molar-refractivity contribution is 7.03. The molecule has 2 aromatic heterocycles. The number of rotatable bonds is 8. The van der Waals surface area contributed by atoms with E-state index in [1.54, 1.807) is 17.5 Å². The highest BCUT2D eigenvalue weighted by Crippen LogP contribution is 2.31. The molecule has 0 fully saturated rings. The van der Waals surface area contributed by atoms with Crippen molar-refractivity contribution in [2.24, 2.45) is 0 Å². The summed E-state index contributed by atoms with van der Waals surface area (Å²) in [5.41, 5.74) is 1.45. The van der Waals surface area contributed by atoms with Crippen LogP contribution in [0.1, 0.15) is 74.8 Å². The molecule has 0 unspecified atom stereocenters. The van der Waals surface area contributed by atoms with E-state index in [9.17, 15) is 9.59 Å². The molecule has 0 radical (unpaired) electrons. The Kier molecular flexibility index (Phi) is 6.90. The first-order valence-corrected chi connectivity index (χ1v) is 11.1. The molecule has 0 saturated heterocycles. The van der Waals surface area contributed by atoms with Gasteiger partial charge in [0.2, 0.25) is 0 Å². The van der Waals surface area contributed by atoms with E-state index < -0.39 is 17.5 Å². The third-order valence-corrected chi connectivity index (χ3v) is 5.81. The highest BCUT2D eigenvalue weighted by Gasteiger charge is 2.38. The number of nitrogens with zero attached hydrogens (tertiary/aromatic N) is 3. The Bertz CT molecular complexity index is 996. The van der Waals surface area contributed by atoms with Crippen molar-refractivity contribution in [3.63, 3.8) is 0 Å². The minimum atomic E-state index is -1.00. The molecular formula is C23H28N4O3S. The highest BCUT2D eigenvalue weighted by atomic mass is 32.1. The molecule has 2 heterocycles. The molecule has 3 aromatic rings. The molecule has 1 aromatic carbocycles. The van der Waals surface area contributed by atoms with Gasteiger partial charge in [0.05, 0.1) is 6.26 Å². The average molecular weight is 441 g/mol. The zero-order valence-electron chi connectivity index (χ0n) is 18.5. The van der Waals surface area contributed by atoms with Gasteiger partial charge in [-0.2, -0.15) is 0 Å². The first-order valence-electron chi connectivity index (χ1n) is 10.3. The van der Waals surface area contributed by atoms with Gasteiger partial charge in [-0.05, 0) is 67.5 Å². The summed E-state index contributed by atoms with van der Waals surface area (Å²) in [7, 11) is 0. The quantitative estimate of drug-likeness (QED) is 0.535. The lowest BCUT2D eigenvalue weighted by molar-refractivity contribution is -0.124. The second-order valence-electron chi connectivity index (χ2n) is 8.36. The van der Waals surface area contributed by atoms with Crippen molar-refractivity contribution in [2.45, 2.75) is 58.5 Å². The Hall–Kier alpha value is -3.00. The number of hydrogen-bond donors (Lipinski definition) is 1. The van der Waals surface area contributed by atoms with Crippen LogP contribution in [0.15, 0.2) is 52.5 Å². The van der Waals surface area contributed by atoms with Crippen LogP contribution in [0.2, 0.25) is 0 Å². The van der Waals surface area contributed by atoms with Crippen molar-refractivity contribution in [2.75, 3.05) is 4.90 Å². The number of aromatic nitrogens is 2. The van der Waals surface area contributed by atoms with Gasteiger partial charge in [-0.1, -0.05) is 37.4 Å². The second-order valence-corrected chi connectivity index (χ2v) is 8.97. The summed E-state index contributed by atoms with van der Waals surface area (Å²) in [6, 6.07) is 10.0. The summed E-state index contributed by atoms with van der Waals surface area (Å²) in [5.74, 6) is -0.0347. The van der Waals surface area contributed by atoms with E-state index in [4.69, 9.17) is 4.42 Å². The van der Waals surface area contributed by atoms with Gasteiger partial charge in [0, 0.05) is 16.6 Å². The first kappa shape index (κ1) is 22.7. The van der Waals surface area contributed by atoms with Crippen LogP contribution in [0.5, 0.6) is 0 Å². The normalized spacial score (nSPS) is 12.6. The van der Waals surface area contributed by atoms with Crippen LogP contribution in [0.3, 0.4) is 0 Å². The van der Waals surface area contributed by atoms with Crippen LogP contribution in [0.25, 0.3) is 0 Å². The Balaban J connectivity index is 2.11. The molecule has 0 saturated carbocycles. The monoisotopic (exact) mass is 440 g/mol. The van der Waals surface area contributed by atoms with Crippen molar-refractivity contribution in [3.05, 3.63) is 65.1 Å². The van der Waals surface area contributed by atoms with Gasteiger partial charge in [0.25, 0.3) is 11.8 Å². The fourth-order valence-corrected chi connectivity index (χ4v) is 3.53. The first-order chi connectivity index (χ1) is 14.7. The smallest absolute Gasteiger partial charge is 0.280 e. The Labute approximate surface area is 186 Å². The lowest BCUT2D eigenvalue weighted by Gasteiger charge is -2.33. The van der Waals surface area contributed by atoms with Crippen LogP contribution in [0.4, 0.5) is 5.69 Å². The number of benzene rings is 1. The van der Waals surface area contributed by atoms with Gasteiger partial charge >= 0.3 is 0 Å². The summed E-state index contributed by atoms with van der Waals surface area (Å²) in [5, 5.41) is 8.56. The summed E-state index contributed by atoms with van der Waals surface area (Å²) < 4.78 is 9.43. The molecule has 31 heavy (non-hydrogen) atoms. The number of anilines is 1. The summed E-state index contributed by atoms with van der Waals surface area (Å²) in [4.78, 5) is 28.4. The molecule has 0 bridgehead atoms. The average Bonchev–Trinajstić information content (AvgIpc) is 3.45. The van der Waals surface area contributed by atoms with Crippen molar-refractivity contribution in [1.29, 1.82) is 0 Å². The molecule has 3 rings (SSSR count). The Morgan fingerprint density at radius 2 is 1.90 bits per heavy atom. The minimum Gasteiger partial charge on any atom is -0.467 e. The lowest BCUT2D eigenvalue weighted by atomic mass is 9.99. The summed E-state index contributed by atoms with van der Waals surface area (Å²) in [6.07, 6.45) is 2.23. The van der Waals surface area contributed by atoms with Crippen LogP contribution < -0.4 is 10.2 Å². The van der Waals surface area contributed by atoms with Crippen LogP contribution in [-0.4, -0.2) is 26.9 Å². The molecule has 164 valence electrons. The lowest BCUT2D eigenvalue weighted by Crippen LogP contribution is -2.50. The summed E-state index contributed by atoms with van der Waals surface area (Å²) >= 11 is 1.09. The molecular weight excluding hydrogens is 412 g/mol. The van der Waals surface area contributed by atoms with E-state index in [0.717, 1.165) is 23.5 Å². The van der Waals surface area contributed by atoms with Gasteiger partial charge in [0.15, 0.2) is 11.7 Å². The maximum atomic E-state index is 13.5. The molecule has 1 N–H and O–H groups in total. The van der Waals surface area contributed by atoms with Crippen LogP contribution >= 0.6 is 11.5 Å². The third-order valence-electron chi connectivity index (χ3n) is 5.30. The molecule has 2 amide bonds. The van der Waals surface area contributed by atoms with E-state index in [-0.39, 0.29) is 11.6 Å². The van der Waals surface area contributed by atoms with E-state index in [1.807, 2.05) is 45.0 Å². The van der Waals surface area contributed by atoms with Crippen molar-refractivity contribution >= 4 is 29.0 Å². The maximum Gasteiger partial charge on any atom is 0.280 e. The zero-order chi connectivity index (χ0) is 22.6.